The van der Waals surface area contributed by atoms with E-state index in [0.29, 0.717) is 11.6 Å². The third kappa shape index (κ3) is 3.75. The minimum Gasteiger partial charge on any atom is -0.341 e. The molecule has 110 valence electrons. The molecule has 0 bridgehead atoms. The quantitative estimate of drug-likeness (QED) is 0.919. The number of hydrogen-bond acceptors (Lipinski definition) is 4. The molecule has 21 heavy (non-hydrogen) atoms. The third-order valence-corrected chi connectivity index (χ3v) is 3.00. The number of carbonyl (C=O) groups excluding carboxylic acids is 1. The Morgan fingerprint density at radius 1 is 1.29 bits per heavy atom. The van der Waals surface area contributed by atoms with Gasteiger partial charge < -0.3 is 10.2 Å². The average Bonchev–Trinajstić information content (AvgIpc) is 2.49. The van der Waals surface area contributed by atoms with E-state index < -0.39 is 11.7 Å². The van der Waals surface area contributed by atoms with Crippen molar-refractivity contribution in [3.8, 4) is 0 Å². The van der Waals surface area contributed by atoms with Crippen molar-refractivity contribution in [3.05, 3.63) is 48.0 Å². The predicted molar refractivity (Wildman–Crippen MR) is 79.9 cm³/mol. The number of rotatable bonds is 5. The molecule has 5 nitrogen and oxygen atoms in total. The number of carbonyl (C=O) groups is 1. The van der Waals surface area contributed by atoms with Crippen molar-refractivity contribution in [2.75, 3.05) is 23.3 Å². The summed E-state index contributed by atoms with van der Waals surface area (Å²) in [6, 6.07) is 7.25. The molecule has 0 unspecified atom stereocenters. The lowest BCUT2D eigenvalue weighted by Crippen LogP contribution is -2.25. The molecule has 2 rings (SSSR count). The van der Waals surface area contributed by atoms with Gasteiger partial charge in [0, 0.05) is 25.0 Å². The molecular formula is C15H17FN4O. The highest BCUT2D eigenvalue weighted by atomic mass is 19.1. The number of anilines is 2. The van der Waals surface area contributed by atoms with E-state index in [1.807, 2.05) is 18.7 Å². The summed E-state index contributed by atoms with van der Waals surface area (Å²) in [7, 11) is 0. The second kappa shape index (κ2) is 6.78. The number of halogens is 1. The molecule has 0 aliphatic carbocycles. The van der Waals surface area contributed by atoms with Gasteiger partial charge in [0.2, 0.25) is 5.95 Å². The van der Waals surface area contributed by atoms with Gasteiger partial charge in [0.1, 0.15) is 11.5 Å². The zero-order valence-electron chi connectivity index (χ0n) is 12.0. The molecule has 1 heterocycles. The average molecular weight is 288 g/mol. The molecule has 1 aromatic heterocycles. The molecule has 0 saturated carbocycles. The first-order chi connectivity index (χ1) is 10.1. The van der Waals surface area contributed by atoms with E-state index in [1.165, 1.54) is 24.3 Å². The van der Waals surface area contributed by atoms with E-state index in [4.69, 9.17) is 0 Å². The molecule has 0 radical (unpaired) electrons. The van der Waals surface area contributed by atoms with Crippen LogP contribution in [0.1, 0.15) is 24.3 Å². The molecule has 0 saturated heterocycles. The fourth-order valence-electron chi connectivity index (χ4n) is 1.90. The standard InChI is InChI=1S/C15H17FN4O/c1-3-20(4-2)15-17-9-8-13(19-15)14(21)18-12-7-5-6-11(16)10-12/h5-10H,3-4H2,1-2H3,(H,18,21). The van der Waals surface area contributed by atoms with Gasteiger partial charge >= 0.3 is 0 Å². The molecule has 0 aliphatic rings. The second-order valence-electron chi connectivity index (χ2n) is 4.38. The van der Waals surface area contributed by atoms with Crippen molar-refractivity contribution in [1.82, 2.24) is 9.97 Å². The summed E-state index contributed by atoms with van der Waals surface area (Å²) >= 11 is 0. The minimum atomic E-state index is -0.403. The van der Waals surface area contributed by atoms with Gasteiger partial charge in [-0.15, -0.1) is 0 Å². The van der Waals surface area contributed by atoms with Gasteiger partial charge in [0.15, 0.2) is 0 Å². The number of hydrogen-bond donors (Lipinski definition) is 1. The lowest BCUT2D eigenvalue weighted by molar-refractivity contribution is 0.102. The van der Waals surface area contributed by atoms with Gasteiger partial charge in [0.05, 0.1) is 0 Å². The third-order valence-electron chi connectivity index (χ3n) is 3.00. The van der Waals surface area contributed by atoms with Crippen LogP contribution in [0.15, 0.2) is 36.5 Å². The fourth-order valence-corrected chi connectivity index (χ4v) is 1.90. The Morgan fingerprint density at radius 2 is 2.05 bits per heavy atom. The largest absolute Gasteiger partial charge is 0.341 e. The number of aromatic nitrogens is 2. The van der Waals surface area contributed by atoms with Gasteiger partial charge in [-0.1, -0.05) is 6.07 Å². The molecule has 0 aliphatic heterocycles. The first-order valence-electron chi connectivity index (χ1n) is 6.79. The highest BCUT2D eigenvalue weighted by Crippen LogP contribution is 2.12. The summed E-state index contributed by atoms with van der Waals surface area (Å²) in [4.78, 5) is 22.5. The smallest absolute Gasteiger partial charge is 0.274 e. The number of nitrogens with zero attached hydrogens (tertiary/aromatic N) is 3. The number of amides is 1. The van der Waals surface area contributed by atoms with Crippen LogP contribution in [0, 0.1) is 5.82 Å². The lowest BCUT2D eigenvalue weighted by atomic mass is 10.3. The summed E-state index contributed by atoms with van der Waals surface area (Å²) in [5, 5.41) is 2.61. The van der Waals surface area contributed by atoms with Crippen molar-refractivity contribution in [3.63, 3.8) is 0 Å². The van der Waals surface area contributed by atoms with Crippen LogP contribution in [-0.2, 0) is 0 Å². The van der Waals surface area contributed by atoms with Crippen LogP contribution < -0.4 is 10.2 Å². The molecule has 1 amide bonds. The van der Waals surface area contributed by atoms with Gasteiger partial charge in [0.25, 0.3) is 5.91 Å². The monoisotopic (exact) mass is 288 g/mol. The Hall–Kier alpha value is -2.50. The van der Waals surface area contributed by atoms with Crippen LogP contribution in [0.2, 0.25) is 0 Å². The number of benzene rings is 1. The van der Waals surface area contributed by atoms with Crippen LogP contribution in [0.5, 0.6) is 0 Å². The highest BCUT2D eigenvalue weighted by molar-refractivity contribution is 6.02. The molecule has 6 heteroatoms. The van der Waals surface area contributed by atoms with Crippen molar-refractivity contribution in [2.24, 2.45) is 0 Å². The van der Waals surface area contributed by atoms with E-state index >= 15 is 0 Å². The van der Waals surface area contributed by atoms with E-state index in [-0.39, 0.29) is 5.69 Å². The van der Waals surface area contributed by atoms with Crippen molar-refractivity contribution < 1.29 is 9.18 Å². The van der Waals surface area contributed by atoms with E-state index in [9.17, 15) is 9.18 Å². The maximum absolute atomic E-state index is 13.1. The summed E-state index contributed by atoms with van der Waals surface area (Å²) in [5.41, 5.74) is 0.638. The maximum atomic E-state index is 13.1. The first-order valence-corrected chi connectivity index (χ1v) is 6.79. The number of nitrogens with one attached hydrogen (secondary N) is 1. The molecule has 1 aromatic carbocycles. The maximum Gasteiger partial charge on any atom is 0.274 e. The molecule has 1 N–H and O–H groups in total. The van der Waals surface area contributed by atoms with E-state index in [1.54, 1.807) is 12.3 Å². The highest BCUT2D eigenvalue weighted by Gasteiger charge is 2.12. The summed E-state index contributed by atoms with van der Waals surface area (Å²) in [6.45, 7) is 5.50. The van der Waals surface area contributed by atoms with Crippen LogP contribution in [0.3, 0.4) is 0 Å². The van der Waals surface area contributed by atoms with Crippen molar-refractivity contribution in [2.45, 2.75) is 13.8 Å². The van der Waals surface area contributed by atoms with Gasteiger partial charge in [-0.25, -0.2) is 14.4 Å². The van der Waals surface area contributed by atoms with Crippen LogP contribution in [0.4, 0.5) is 16.0 Å². The zero-order chi connectivity index (χ0) is 15.2. The predicted octanol–water partition coefficient (Wildman–Crippen LogP) is 2.71. The van der Waals surface area contributed by atoms with Gasteiger partial charge in [-0.3, -0.25) is 4.79 Å². The first kappa shape index (κ1) is 14.9. The molecular weight excluding hydrogens is 271 g/mol. The Kier molecular flexibility index (Phi) is 4.81. The molecule has 2 aromatic rings. The van der Waals surface area contributed by atoms with Crippen molar-refractivity contribution >= 4 is 17.5 Å². The SMILES string of the molecule is CCN(CC)c1nccc(C(=O)Nc2cccc(F)c2)n1. The summed E-state index contributed by atoms with van der Waals surface area (Å²) in [5.74, 6) is -0.289. The van der Waals surface area contributed by atoms with E-state index in [0.717, 1.165) is 13.1 Å². The zero-order valence-corrected chi connectivity index (χ0v) is 12.0. The normalized spacial score (nSPS) is 10.2. The minimum absolute atomic E-state index is 0.246. The van der Waals surface area contributed by atoms with Crippen molar-refractivity contribution in [1.29, 1.82) is 0 Å². The Balaban J connectivity index is 2.18. The fraction of sp³-hybridized carbons (Fsp3) is 0.267. The van der Waals surface area contributed by atoms with Crippen LogP contribution in [-0.4, -0.2) is 29.0 Å². The molecule has 0 fully saturated rings. The topological polar surface area (TPSA) is 58.1 Å². The van der Waals surface area contributed by atoms with Gasteiger partial charge in [-0.05, 0) is 38.1 Å². The molecule has 0 atom stereocenters. The van der Waals surface area contributed by atoms with Crippen LogP contribution in [0.25, 0.3) is 0 Å². The summed E-state index contributed by atoms with van der Waals surface area (Å²) < 4.78 is 13.1. The Labute approximate surface area is 122 Å². The Morgan fingerprint density at radius 3 is 2.71 bits per heavy atom. The molecule has 0 spiro atoms. The Bertz CT molecular complexity index is 629. The van der Waals surface area contributed by atoms with E-state index in [2.05, 4.69) is 15.3 Å². The van der Waals surface area contributed by atoms with Gasteiger partial charge in [-0.2, -0.15) is 0 Å². The lowest BCUT2D eigenvalue weighted by Gasteiger charge is -2.18. The second-order valence-corrected chi connectivity index (χ2v) is 4.38. The summed E-state index contributed by atoms with van der Waals surface area (Å²) in [6.07, 6.45) is 1.54. The van der Waals surface area contributed by atoms with Crippen LogP contribution >= 0.6 is 0 Å².